The van der Waals surface area contributed by atoms with E-state index in [0.717, 1.165) is 16.8 Å². The molecule has 7 aromatic carbocycles. The molecular weight excluding hydrogens is 506 g/mol. The second-order valence-electron chi connectivity index (χ2n) is 11.4. The normalized spacial score (nSPS) is 13.5. The average Bonchev–Trinajstić information content (AvgIpc) is 3.52. The zero-order chi connectivity index (χ0) is 27.8. The van der Waals surface area contributed by atoms with Crippen LogP contribution >= 0.6 is 0 Å². The maximum Gasteiger partial charge on any atom is 0.0732 e. The summed E-state index contributed by atoms with van der Waals surface area (Å²) in [6.07, 6.45) is 0. The van der Waals surface area contributed by atoms with Crippen molar-refractivity contribution in [1.82, 2.24) is 0 Å². The number of rotatable bonds is 2. The quantitative estimate of drug-likeness (QED) is 0.220. The summed E-state index contributed by atoms with van der Waals surface area (Å²) < 4.78 is 0. The Hall–Kier alpha value is -5.40. The van der Waals surface area contributed by atoms with Gasteiger partial charge in [-0.3, -0.25) is 0 Å². The maximum absolute atomic E-state index is 7.23. The molecule has 9 rings (SSSR count). The summed E-state index contributed by atoms with van der Waals surface area (Å²) in [5.41, 5.74) is 22.6. The van der Waals surface area contributed by atoms with Gasteiger partial charge in [-0.1, -0.05) is 146 Å². The highest BCUT2D eigenvalue weighted by atomic mass is 14.6. The van der Waals surface area contributed by atoms with Gasteiger partial charge in [-0.25, -0.2) is 0 Å². The van der Waals surface area contributed by atoms with Crippen LogP contribution in [0.25, 0.3) is 55.3 Å². The lowest BCUT2D eigenvalue weighted by Crippen LogP contribution is -2.27. The Balaban J connectivity index is 1.54. The zero-order valence-corrected chi connectivity index (χ0v) is 23.0. The molecule has 1 nitrogen and oxygen atoms in total. The number of anilines is 1. The van der Waals surface area contributed by atoms with Gasteiger partial charge in [-0.2, -0.15) is 0 Å². The van der Waals surface area contributed by atoms with Crippen molar-refractivity contribution in [3.63, 3.8) is 0 Å². The topological polar surface area (TPSA) is 26.0 Å². The van der Waals surface area contributed by atoms with Gasteiger partial charge in [0.2, 0.25) is 0 Å². The predicted molar refractivity (Wildman–Crippen MR) is 176 cm³/mol. The fraction of sp³-hybridized carbons (Fsp3) is 0.0244. The highest BCUT2D eigenvalue weighted by Crippen LogP contribution is 2.66. The molecule has 2 aliphatic rings. The van der Waals surface area contributed by atoms with Crippen LogP contribution in [-0.4, -0.2) is 0 Å². The number of benzene rings is 7. The molecule has 42 heavy (non-hydrogen) atoms. The van der Waals surface area contributed by atoms with Crippen LogP contribution in [0.5, 0.6) is 0 Å². The van der Waals surface area contributed by atoms with Crippen molar-refractivity contribution < 1.29 is 0 Å². The average molecular weight is 534 g/mol. The van der Waals surface area contributed by atoms with Crippen molar-refractivity contribution in [3.8, 4) is 44.5 Å². The number of hydrogen-bond donors (Lipinski definition) is 1. The highest BCUT2D eigenvalue weighted by Gasteiger charge is 2.53. The van der Waals surface area contributed by atoms with E-state index >= 15 is 0 Å². The molecule has 196 valence electrons. The number of nitrogens with two attached hydrogens (primary N) is 1. The standard InChI is InChI=1S/C41H27N/c42-37-25-33(29-21-12-16-26-13-4-5-17-28(26)29)39-32-20-8-11-24-36(32)41(40(39)38(37)27-14-2-1-3-15-27)34-22-9-6-18-30(34)31-19-7-10-23-35(31)41/h1-25H,42H2. The third kappa shape index (κ3) is 2.87. The van der Waals surface area contributed by atoms with Crippen molar-refractivity contribution in [2.24, 2.45) is 0 Å². The van der Waals surface area contributed by atoms with Crippen LogP contribution in [0.3, 0.4) is 0 Å². The van der Waals surface area contributed by atoms with Gasteiger partial charge in [0.15, 0.2) is 0 Å². The van der Waals surface area contributed by atoms with Gasteiger partial charge >= 0.3 is 0 Å². The summed E-state index contributed by atoms with van der Waals surface area (Å²) in [4.78, 5) is 0. The summed E-state index contributed by atoms with van der Waals surface area (Å²) in [6, 6.07) is 55.2. The second-order valence-corrected chi connectivity index (χ2v) is 11.4. The third-order valence-electron chi connectivity index (χ3n) is 9.43. The van der Waals surface area contributed by atoms with Crippen molar-refractivity contribution >= 4 is 16.5 Å². The zero-order valence-electron chi connectivity index (χ0n) is 23.0. The molecule has 0 aliphatic heterocycles. The maximum atomic E-state index is 7.23. The number of nitrogen functional groups attached to an aromatic ring is 1. The largest absolute Gasteiger partial charge is 0.398 e. The lowest BCUT2D eigenvalue weighted by molar-refractivity contribution is 0.796. The number of fused-ring (bicyclic) bond motifs is 11. The Morgan fingerprint density at radius 3 is 1.64 bits per heavy atom. The second kappa shape index (κ2) is 8.55. The van der Waals surface area contributed by atoms with Crippen LogP contribution in [0, 0.1) is 0 Å². The molecule has 0 fully saturated rings. The summed E-state index contributed by atoms with van der Waals surface area (Å²) in [6.45, 7) is 0. The Kier molecular flexibility index (Phi) is 4.75. The van der Waals surface area contributed by atoms with Gasteiger partial charge in [0.25, 0.3) is 0 Å². The lowest BCUT2D eigenvalue weighted by Gasteiger charge is -2.33. The van der Waals surface area contributed by atoms with Gasteiger partial charge in [0.05, 0.1) is 5.41 Å². The molecule has 0 amide bonds. The van der Waals surface area contributed by atoms with Gasteiger partial charge in [0, 0.05) is 11.3 Å². The van der Waals surface area contributed by atoms with E-state index in [0.29, 0.717) is 0 Å². The highest BCUT2D eigenvalue weighted by molar-refractivity contribution is 6.09. The molecule has 0 atom stereocenters. The van der Waals surface area contributed by atoms with Gasteiger partial charge in [-0.05, 0) is 78.0 Å². The first kappa shape index (κ1) is 23.3. The molecule has 1 heteroatoms. The van der Waals surface area contributed by atoms with Crippen molar-refractivity contribution in [2.75, 3.05) is 5.73 Å². The third-order valence-corrected chi connectivity index (χ3v) is 9.43. The van der Waals surface area contributed by atoms with Crippen LogP contribution in [0.2, 0.25) is 0 Å². The molecule has 0 radical (unpaired) electrons. The van der Waals surface area contributed by atoms with Gasteiger partial charge in [0.1, 0.15) is 0 Å². The Bertz CT molecular complexity index is 2160. The summed E-state index contributed by atoms with van der Waals surface area (Å²) in [7, 11) is 0. The van der Waals surface area contributed by atoms with Crippen molar-refractivity contribution in [1.29, 1.82) is 0 Å². The summed E-state index contributed by atoms with van der Waals surface area (Å²) in [5, 5.41) is 2.46. The van der Waals surface area contributed by atoms with Gasteiger partial charge < -0.3 is 5.73 Å². The molecule has 7 aromatic rings. The van der Waals surface area contributed by atoms with E-state index in [1.165, 1.54) is 66.4 Å². The van der Waals surface area contributed by atoms with E-state index in [2.05, 4.69) is 152 Å². The molecular formula is C41H27N. The molecule has 1 spiro atoms. The molecule has 2 aliphatic carbocycles. The van der Waals surface area contributed by atoms with Crippen LogP contribution < -0.4 is 5.73 Å². The monoisotopic (exact) mass is 533 g/mol. The van der Waals surface area contributed by atoms with Crippen molar-refractivity contribution in [3.05, 3.63) is 174 Å². The molecule has 0 heterocycles. The van der Waals surface area contributed by atoms with E-state index in [1.807, 2.05) is 0 Å². The van der Waals surface area contributed by atoms with Crippen LogP contribution in [0.15, 0.2) is 152 Å². The van der Waals surface area contributed by atoms with E-state index in [-0.39, 0.29) is 0 Å². The van der Waals surface area contributed by atoms with Crippen LogP contribution in [-0.2, 0) is 5.41 Å². The van der Waals surface area contributed by atoms with E-state index in [9.17, 15) is 0 Å². The first-order chi connectivity index (χ1) is 20.8. The first-order valence-corrected chi connectivity index (χ1v) is 14.6. The van der Waals surface area contributed by atoms with Crippen LogP contribution in [0.1, 0.15) is 22.3 Å². The predicted octanol–water partition coefficient (Wildman–Crippen LogP) is 10.1. The molecule has 2 N–H and O–H groups in total. The van der Waals surface area contributed by atoms with E-state index in [1.54, 1.807) is 0 Å². The molecule has 0 saturated heterocycles. The minimum Gasteiger partial charge on any atom is -0.398 e. The number of hydrogen-bond acceptors (Lipinski definition) is 1. The molecule has 0 unspecified atom stereocenters. The Morgan fingerprint density at radius 1 is 0.405 bits per heavy atom. The van der Waals surface area contributed by atoms with Gasteiger partial charge in [-0.15, -0.1) is 0 Å². The Morgan fingerprint density at radius 2 is 0.929 bits per heavy atom. The van der Waals surface area contributed by atoms with E-state index < -0.39 is 5.41 Å². The smallest absolute Gasteiger partial charge is 0.0732 e. The van der Waals surface area contributed by atoms with Crippen LogP contribution in [0.4, 0.5) is 5.69 Å². The van der Waals surface area contributed by atoms with E-state index in [4.69, 9.17) is 5.73 Å². The first-order valence-electron chi connectivity index (χ1n) is 14.6. The fourth-order valence-electron chi connectivity index (χ4n) is 7.90. The summed E-state index contributed by atoms with van der Waals surface area (Å²) in [5.74, 6) is 0. The van der Waals surface area contributed by atoms with Crippen molar-refractivity contribution in [2.45, 2.75) is 5.41 Å². The molecule has 0 aromatic heterocycles. The minimum atomic E-state index is -0.487. The lowest BCUT2D eigenvalue weighted by atomic mass is 9.68. The summed E-state index contributed by atoms with van der Waals surface area (Å²) >= 11 is 0. The molecule has 0 bridgehead atoms. The minimum absolute atomic E-state index is 0.487. The molecule has 0 saturated carbocycles. The fourth-order valence-corrected chi connectivity index (χ4v) is 7.90. The SMILES string of the molecule is Nc1cc(-c2cccc3ccccc23)c2c(c1-c1ccccc1)C1(c3ccccc3-c3ccccc31)c1ccccc1-2. The Labute approximate surface area is 245 Å².